The van der Waals surface area contributed by atoms with Gasteiger partial charge in [-0.25, -0.2) is 0 Å². The summed E-state index contributed by atoms with van der Waals surface area (Å²) in [6.45, 7) is 83.1. The molecule has 8 aliphatic heterocycles. The normalized spacial score (nSPS) is 21.6. The molecular weight excluding hydrogens is 1120 g/mol. The van der Waals surface area contributed by atoms with Crippen LogP contribution in [0, 0.1) is 0 Å². The molecule has 0 saturated carbocycles. The van der Waals surface area contributed by atoms with Crippen molar-refractivity contribution in [1.82, 2.24) is 69.4 Å². The summed E-state index contributed by atoms with van der Waals surface area (Å²) in [6, 6.07) is 7.18. The van der Waals surface area contributed by atoms with Crippen LogP contribution in [-0.2, 0) is 4.74 Å². The third-order valence-corrected chi connectivity index (χ3v) is 19.1. The molecule has 89 heavy (non-hydrogen) atoms. The SMILES string of the molecule is CC(C)N(C)C.CC(C)N1CCCC1.CC(C)N1CCCCC1.CC(C)N1CCCN(C)CC1.CC(C)N1CCN(C)CC1.CC(C)N1CCN(C)CC1.CC(C)N1CCNCC1.CC(C)N1CCOCC1.CC(C)N1CCSCC1.CC(C)NC(C)(C)C. The minimum Gasteiger partial charge on any atom is -0.379 e. The number of hydrogen-bond donors (Lipinski definition) is 2. The second-order valence-corrected chi connectivity index (χ2v) is 31.9. The van der Waals surface area contributed by atoms with Crippen LogP contribution in [0.1, 0.15) is 198 Å². The number of ether oxygens (including phenoxy) is 1. The number of nitrogens with zero attached hydrogens (tertiary/aromatic N) is 12. The van der Waals surface area contributed by atoms with E-state index in [0.29, 0.717) is 18.1 Å². The lowest BCUT2D eigenvalue weighted by molar-refractivity contribution is 0.0238. The molecule has 8 saturated heterocycles. The Kier molecular flexibility index (Phi) is 55.9. The predicted octanol–water partition coefficient (Wildman–Crippen LogP) is 10.9. The molecule has 0 radical (unpaired) electrons. The molecule has 0 aromatic carbocycles. The first-order chi connectivity index (χ1) is 41.7. The van der Waals surface area contributed by atoms with E-state index in [2.05, 4.69) is 276 Å². The van der Waals surface area contributed by atoms with Crippen molar-refractivity contribution < 1.29 is 4.74 Å². The van der Waals surface area contributed by atoms with E-state index in [1.54, 1.807) is 0 Å². The van der Waals surface area contributed by atoms with Crippen molar-refractivity contribution in [3.63, 3.8) is 0 Å². The van der Waals surface area contributed by atoms with E-state index in [1.165, 1.54) is 181 Å². The Morgan fingerprint density at radius 2 is 0.596 bits per heavy atom. The highest BCUT2D eigenvalue weighted by Crippen LogP contribution is 2.13. The maximum atomic E-state index is 5.21. The molecule has 0 aromatic rings. The van der Waals surface area contributed by atoms with Gasteiger partial charge in [0.25, 0.3) is 0 Å². The Balaban J connectivity index is 0. The van der Waals surface area contributed by atoms with Crippen LogP contribution in [0.5, 0.6) is 0 Å². The van der Waals surface area contributed by atoms with Crippen molar-refractivity contribution in [1.29, 1.82) is 0 Å². The molecule has 8 aliphatic rings. The Labute approximate surface area is 563 Å². The topological polar surface area (TPSA) is 72.2 Å². The number of morpholine rings is 1. The van der Waals surface area contributed by atoms with Crippen molar-refractivity contribution in [3.8, 4) is 0 Å². The molecular formula is C73H164N14OS. The molecule has 8 heterocycles. The highest BCUT2D eigenvalue weighted by atomic mass is 32.2. The maximum absolute atomic E-state index is 5.21. The van der Waals surface area contributed by atoms with Gasteiger partial charge in [-0.2, -0.15) is 11.8 Å². The van der Waals surface area contributed by atoms with Crippen molar-refractivity contribution in [2.24, 2.45) is 0 Å². The summed E-state index contributed by atoms with van der Waals surface area (Å²) >= 11 is 2.07. The maximum Gasteiger partial charge on any atom is 0.0594 e. The van der Waals surface area contributed by atoms with Gasteiger partial charge < -0.3 is 44.8 Å². The van der Waals surface area contributed by atoms with Crippen molar-refractivity contribution in [3.05, 3.63) is 0 Å². The van der Waals surface area contributed by atoms with E-state index in [4.69, 9.17) is 4.74 Å². The minimum absolute atomic E-state index is 0.272. The van der Waals surface area contributed by atoms with Crippen molar-refractivity contribution in [2.45, 2.75) is 264 Å². The van der Waals surface area contributed by atoms with Crippen LogP contribution in [-0.4, -0.2) is 342 Å². The van der Waals surface area contributed by atoms with E-state index in [-0.39, 0.29) is 5.54 Å². The molecule has 538 valence electrons. The first-order valence-electron chi connectivity index (χ1n) is 37.0. The van der Waals surface area contributed by atoms with Gasteiger partial charge in [-0.3, -0.25) is 29.4 Å². The summed E-state index contributed by atoms with van der Waals surface area (Å²) in [4.78, 5) is 29.5. The zero-order chi connectivity index (χ0) is 68.1. The van der Waals surface area contributed by atoms with Crippen LogP contribution >= 0.6 is 11.8 Å². The highest BCUT2D eigenvalue weighted by Gasteiger charge is 2.19. The molecule has 15 nitrogen and oxygen atoms in total. The second kappa shape index (κ2) is 54.8. The van der Waals surface area contributed by atoms with Crippen molar-refractivity contribution >= 4 is 11.8 Å². The van der Waals surface area contributed by atoms with Crippen molar-refractivity contribution in [2.75, 3.05) is 217 Å². The monoisotopic (exact) mass is 1290 g/mol. The number of rotatable bonds is 10. The Morgan fingerprint density at radius 1 is 0.337 bits per heavy atom. The largest absolute Gasteiger partial charge is 0.379 e. The van der Waals surface area contributed by atoms with Gasteiger partial charge in [0.2, 0.25) is 0 Å². The molecule has 8 fully saturated rings. The average molecular weight is 1290 g/mol. The average Bonchev–Trinajstić information content (AvgIpc) is 4.18. The summed E-state index contributed by atoms with van der Waals surface area (Å²) in [7, 11) is 10.7. The molecule has 0 aliphatic carbocycles. The fourth-order valence-electron chi connectivity index (χ4n) is 11.2. The Bertz CT molecular complexity index is 1370. The Morgan fingerprint density at radius 3 is 0.843 bits per heavy atom. The predicted molar refractivity (Wildman–Crippen MR) is 402 cm³/mol. The summed E-state index contributed by atoms with van der Waals surface area (Å²) in [5.41, 5.74) is 0.272. The minimum atomic E-state index is 0.272. The van der Waals surface area contributed by atoms with Gasteiger partial charge in [-0.1, -0.05) is 20.3 Å². The quantitative estimate of drug-likeness (QED) is 0.218. The van der Waals surface area contributed by atoms with E-state index in [9.17, 15) is 0 Å². The third-order valence-electron chi connectivity index (χ3n) is 18.2. The van der Waals surface area contributed by atoms with Gasteiger partial charge in [0.15, 0.2) is 0 Å². The smallest absolute Gasteiger partial charge is 0.0594 e. The van der Waals surface area contributed by atoms with Crippen LogP contribution < -0.4 is 10.6 Å². The molecule has 0 amide bonds. The lowest BCUT2D eigenvalue weighted by Crippen LogP contribution is -2.47. The second-order valence-electron chi connectivity index (χ2n) is 30.7. The molecule has 8 rings (SSSR count). The molecule has 0 atom stereocenters. The number of piperazine rings is 3. The Hall–Kier alpha value is -0.250. The van der Waals surface area contributed by atoms with Crippen LogP contribution in [0.4, 0.5) is 0 Å². The highest BCUT2D eigenvalue weighted by molar-refractivity contribution is 7.99. The van der Waals surface area contributed by atoms with Gasteiger partial charge in [0, 0.05) is 195 Å². The molecule has 0 aromatic heterocycles. The lowest BCUT2D eigenvalue weighted by atomic mass is 10.1. The first-order valence-corrected chi connectivity index (χ1v) is 38.1. The third kappa shape index (κ3) is 52.6. The van der Waals surface area contributed by atoms with E-state index in [0.717, 1.165) is 81.7 Å². The lowest BCUT2D eigenvalue weighted by Gasteiger charge is -2.34. The van der Waals surface area contributed by atoms with Crippen LogP contribution in [0.15, 0.2) is 0 Å². The zero-order valence-corrected chi connectivity index (χ0v) is 66.3. The van der Waals surface area contributed by atoms with Gasteiger partial charge in [-0.15, -0.1) is 0 Å². The zero-order valence-electron chi connectivity index (χ0n) is 65.5. The number of likely N-dealkylation sites (N-methyl/N-ethyl adjacent to an activating group) is 3. The number of thioether (sulfide) groups is 1. The summed E-state index contributed by atoms with van der Waals surface area (Å²) in [5, 5.41) is 6.71. The van der Waals surface area contributed by atoms with Gasteiger partial charge in [0.1, 0.15) is 0 Å². The van der Waals surface area contributed by atoms with Gasteiger partial charge in [0.05, 0.1) is 13.2 Å². The first kappa shape index (κ1) is 90.8. The van der Waals surface area contributed by atoms with E-state index >= 15 is 0 Å². The van der Waals surface area contributed by atoms with Gasteiger partial charge >= 0.3 is 0 Å². The number of piperidine rings is 1. The fourth-order valence-corrected chi connectivity index (χ4v) is 12.1. The summed E-state index contributed by atoms with van der Waals surface area (Å²) < 4.78 is 5.21. The van der Waals surface area contributed by atoms with Gasteiger partial charge in [-0.05, 0) is 252 Å². The summed E-state index contributed by atoms with van der Waals surface area (Å²) in [6.07, 6.45) is 8.44. The van der Waals surface area contributed by atoms with E-state index < -0.39 is 0 Å². The molecule has 2 N–H and O–H groups in total. The van der Waals surface area contributed by atoms with E-state index in [1.807, 2.05) is 0 Å². The van der Waals surface area contributed by atoms with Crippen LogP contribution in [0.2, 0.25) is 0 Å². The molecule has 0 unspecified atom stereocenters. The van der Waals surface area contributed by atoms with Crippen LogP contribution in [0.25, 0.3) is 0 Å². The molecule has 0 bridgehead atoms. The number of likely N-dealkylation sites (tertiary alicyclic amines) is 2. The molecule has 16 heteroatoms. The fraction of sp³-hybridized carbons (Fsp3) is 1.00. The summed E-state index contributed by atoms with van der Waals surface area (Å²) in [5.74, 6) is 2.66. The molecule has 0 spiro atoms. The standard InChI is InChI=1S/C9H20N2.2C8H18N2.C8H17N.C7H16N2.C7H15NO.C7H15NS.C7H15N.C7H17N.C5H13N/c1-9(2)11-6-4-5-10(3)7-8-11;2*1-8(2)10-6-4-9(3)5-7-10;1-8(2)9-6-4-3-5-7-9;1-7(2)9-5-3-8-4-6-9;2*1-7(2)8-3-5-9-6-4-8;1-7(2)8-5-3-4-6-8;1-6(2)8-7(3,4)5;1-5(2)6(3)4/h9H,4-8H2,1-3H3;2*8H,4-7H2,1-3H3;8H,3-7H2,1-2H3;7-8H,3-6H2,1-2H3;2*7H,3-6H2,1-2H3;7H,3-6H2,1-2H3;6,8H,1-5H3;5H,1-4H3. The van der Waals surface area contributed by atoms with Crippen LogP contribution in [0.3, 0.4) is 0 Å². The number of nitrogens with one attached hydrogen (secondary N) is 2. The number of hydrogen-bond acceptors (Lipinski definition) is 16.